The smallest absolute Gasteiger partial charge is 0.0688 e. The summed E-state index contributed by atoms with van der Waals surface area (Å²) in [5.74, 6) is 0.475. The summed E-state index contributed by atoms with van der Waals surface area (Å²) in [5.41, 5.74) is -0.220. The van der Waals surface area contributed by atoms with Crippen LogP contribution < -0.4 is 5.32 Å². The molecule has 13 heavy (non-hydrogen) atoms. The number of nitrogens with one attached hydrogen (secondary N) is 1. The van der Waals surface area contributed by atoms with E-state index in [-0.39, 0.29) is 11.6 Å². The molecule has 0 aliphatic heterocycles. The van der Waals surface area contributed by atoms with Crippen molar-refractivity contribution in [3.63, 3.8) is 0 Å². The summed E-state index contributed by atoms with van der Waals surface area (Å²) in [6.45, 7) is 9.53. The number of rotatable bonds is 6. The Morgan fingerprint density at radius 2 is 1.92 bits per heavy atom. The average molecular weight is 189 g/mol. The van der Waals surface area contributed by atoms with Crippen molar-refractivity contribution in [1.29, 1.82) is 0 Å². The zero-order chi connectivity index (χ0) is 10.5. The highest BCUT2D eigenvalue weighted by Crippen LogP contribution is 2.08. The minimum absolute atomic E-state index is 0.220. The largest absolute Gasteiger partial charge is 0.392 e. The van der Waals surface area contributed by atoms with E-state index in [1.807, 2.05) is 13.8 Å². The number of aliphatic hydroxyl groups is 1. The zero-order valence-electron chi connectivity index (χ0n) is 9.42. The Hall–Kier alpha value is -0.120. The molecule has 0 saturated carbocycles. The van der Waals surface area contributed by atoms with Crippen LogP contribution in [0.15, 0.2) is 0 Å². The summed E-state index contributed by atoms with van der Waals surface area (Å²) in [7, 11) is 1.70. The molecule has 0 aliphatic rings. The molecule has 0 radical (unpaired) electrons. The summed E-state index contributed by atoms with van der Waals surface area (Å²) in [5, 5.41) is 12.7. The van der Waals surface area contributed by atoms with Crippen molar-refractivity contribution in [2.75, 3.05) is 20.3 Å². The van der Waals surface area contributed by atoms with Crippen LogP contribution in [-0.4, -0.2) is 37.0 Å². The third-order valence-electron chi connectivity index (χ3n) is 2.40. The standard InChI is InChI=1S/C10H23NO2/c1-8(7-13-5)6-11-10(3,4)9(2)12/h8-9,11-12H,6-7H2,1-5H3. The maximum atomic E-state index is 9.43. The van der Waals surface area contributed by atoms with Gasteiger partial charge in [0.25, 0.3) is 0 Å². The molecule has 0 aliphatic carbocycles. The Kier molecular flexibility index (Phi) is 5.53. The first-order chi connectivity index (χ1) is 5.90. The molecule has 3 nitrogen and oxygen atoms in total. The third-order valence-corrected chi connectivity index (χ3v) is 2.40. The number of ether oxygens (including phenoxy) is 1. The lowest BCUT2D eigenvalue weighted by atomic mass is 9.98. The van der Waals surface area contributed by atoms with E-state index in [1.165, 1.54) is 0 Å². The first kappa shape index (κ1) is 12.9. The van der Waals surface area contributed by atoms with Gasteiger partial charge >= 0.3 is 0 Å². The van der Waals surface area contributed by atoms with Gasteiger partial charge in [0.1, 0.15) is 0 Å². The second-order valence-corrected chi connectivity index (χ2v) is 4.34. The fraction of sp³-hybridized carbons (Fsp3) is 1.00. The molecule has 2 N–H and O–H groups in total. The monoisotopic (exact) mass is 189 g/mol. The van der Waals surface area contributed by atoms with Crippen LogP contribution in [0.1, 0.15) is 27.7 Å². The first-order valence-corrected chi connectivity index (χ1v) is 4.82. The summed E-state index contributed by atoms with van der Waals surface area (Å²) < 4.78 is 5.03. The molecule has 0 aromatic carbocycles. The van der Waals surface area contributed by atoms with Gasteiger partial charge in [-0.2, -0.15) is 0 Å². The molecule has 0 bridgehead atoms. The van der Waals surface area contributed by atoms with Gasteiger partial charge in [-0.25, -0.2) is 0 Å². The third kappa shape index (κ3) is 5.24. The van der Waals surface area contributed by atoms with Gasteiger partial charge in [0.15, 0.2) is 0 Å². The van der Waals surface area contributed by atoms with Crippen LogP contribution in [0, 0.1) is 5.92 Å². The Morgan fingerprint density at radius 1 is 1.38 bits per heavy atom. The fourth-order valence-electron chi connectivity index (χ4n) is 0.928. The molecule has 0 fully saturated rings. The van der Waals surface area contributed by atoms with Crippen LogP contribution in [0.2, 0.25) is 0 Å². The summed E-state index contributed by atoms with van der Waals surface area (Å²) in [6, 6.07) is 0. The normalized spacial score (nSPS) is 17.1. The topological polar surface area (TPSA) is 41.5 Å². The Morgan fingerprint density at radius 3 is 2.31 bits per heavy atom. The zero-order valence-corrected chi connectivity index (χ0v) is 9.42. The molecule has 3 heteroatoms. The number of hydrogen-bond acceptors (Lipinski definition) is 3. The van der Waals surface area contributed by atoms with E-state index in [0.29, 0.717) is 5.92 Å². The van der Waals surface area contributed by atoms with Gasteiger partial charge in [-0.15, -0.1) is 0 Å². The minimum Gasteiger partial charge on any atom is -0.392 e. The molecule has 0 aromatic heterocycles. The maximum absolute atomic E-state index is 9.43. The molecule has 2 atom stereocenters. The van der Waals surface area contributed by atoms with Crippen molar-refractivity contribution in [2.24, 2.45) is 5.92 Å². The van der Waals surface area contributed by atoms with Crippen molar-refractivity contribution >= 4 is 0 Å². The second kappa shape index (κ2) is 5.58. The van der Waals surface area contributed by atoms with Crippen LogP contribution in [0.4, 0.5) is 0 Å². The van der Waals surface area contributed by atoms with E-state index in [9.17, 15) is 5.11 Å². The summed E-state index contributed by atoms with van der Waals surface area (Å²) in [6.07, 6.45) is -0.345. The fourth-order valence-corrected chi connectivity index (χ4v) is 0.928. The van der Waals surface area contributed by atoms with Crippen LogP contribution in [-0.2, 0) is 4.74 Å². The quantitative estimate of drug-likeness (QED) is 0.655. The number of methoxy groups -OCH3 is 1. The highest BCUT2D eigenvalue weighted by molar-refractivity contribution is 4.83. The van der Waals surface area contributed by atoms with Gasteiger partial charge in [-0.1, -0.05) is 6.92 Å². The van der Waals surface area contributed by atoms with Gasteiger partial charge in [0.2, 0.25) is 0 Å². The average Bonchev–Trinajstić information content (AvgIpc) is 2.01. The molecule has 0 rings (SSSR count). The van der Waals surface area contributed by atoms with E-state index in [1.54, 1.807) is 14.0 Å². The van der Waals surface area contributed by atoms with Crippen LogP contribution >= 0.6 is 0 Å². The van der Waals surface area contributed by atoms with Crippen LogP contribution in [0.5, 0.6) is 0 Å². The Bertz CT molecular complexity index is 135. The lowest BCUT2D eigenvalue weighted by molar-refractivity contribution is 0.0872. The van der Waals surface area contributed by atoms with E-state index >= 15 is 0 Å². The molecule has 0 heterocycles. The van der Waals surface area contributed by atoms with Gasteiger partial charge in [0.05, 0.1) is 6.10 Å². The van der Waals surface area contributed by atoms with Crippen molar-refractivity contribution in [2.45, 2.75) is 39.3 Å². The maximum Gasteiger partial charge on any atom is 0.0688 e. The van der Waals surface area contributed by atoms with Crippen LogP contribution in [0.25, 0.3) is 0 Å². The van der Waals surface area contributed by atoms with Crippen LogP contribution in [0.3, 0.4) is 0 Å². The van der Waals surface area contributed by atoms with Gasteiger partial charge in [-0.3, -0.25) is 0 Å². The van der Waals surface area contributed by atoms with Crippen molar-refractivity contribution in [3.8, 4) is 0 Å². The minimum atomic E-state index is -0.345. The Balaban J connectivity index is 3.74. The van der Waals surface area contributed by atoms with Gasteiger partial charge in [0, 0.05) is 25.8 Å². The summed E-state index contributed by atoms with van der Waals surface area (Å²) >= 11 is 0. The van der Waals surface area contributed by atoms with E-state index < -0.39 is 0 Å². The first-order valence-electron chi connectivity index (χ1n) is 4.82. The predicted octanol–water partition coefficient (Wildman–Crippen LogP) is 1.02. The molecule has 80 valence electrons. The van der Waals surface area contributed by atoms with Crippen molar-refractivity contribution < 1.29 is 9.84 Å². The van der Waals surface area contributed by atoms with Crippen molar-refractivity contribution in [1.82, 2.24) is 5.32 Å². The lowest BCUT2D eigenvalue weighted by Crippen LogP contribution is -2.49. The Labute approximate surface area is 81.5 Å². The van der Waals surface area contributed by atoms with Gasteiger partial charge in [-0.05, 0) is 26.7 Å². The van der Waals surface area contributed by atoms with E-state index in [0.717, 1.165) is 13.2 Å². The predicted molar refractivity (Wildman–Crippen MR) is 54.8 cm³/mol. The van der Waals surface area contributed by atoms with Gasteiger partial charge < -0.3 is 15.2 Å². The molecule has 0 aromatic rings. The lowest BCUT2D eigenvalue weighted by Gasteiger charge is -2.30. The number of aliphatic hydroxyl groups excluding tert-OH is 1. The summed E-state index contributed by atoms with van der Waals surface area (Å²) in [4.78, 5) is 0. The SMILES string of the molecule is COCC(C)CNC(C)(C)C(C)O. The highest BCUT2D eigenvalue weighted by atomic mass is 16.5. The second-order valence-electron chi connectivity index (χ2n) is 4.34. The molecule has 0 spiro atoms. The number of hydrogen-bond donors (Lipinski definition) is 2. The van der Waals surface area contributed by atoms with E-state index in [4.69, 9.17) is 4.74 Å². The molecule has 2 unspecified atom stereocenters. The molecular weight excluding hydrogens is 166 g/mol. The van der Waals surface area contributed by atoms with E-state index in [2.05, 4.69) is 12.2 Å². The molecule has 0 saturated heterocycles. The highest BCUT2D eigenvalue weighted by Gasteiger charge is 2.23. The van der Waals surface area contributed by atoms with Crippen molar-refractivity contribution in [3.05, 3.63) is 0 Å². The molecule has 0 amide bonds. The molecular formula is C10H23NO2.